The summed E-state index contributed by atoms with van der Waals surface area (Å²) in [5, 5.41) is 11.2. The Morgan fingerprint density at radius 2 is 2.05 bits per heavy atom. The molecule has 0 radical (unpaired) electrons. The van der Waals surface area contributed by atoms with Crippen molar-refractivity contribution in [3.63, 3.8) is 0 Å². The van der Waals surface area contributed by atoms with E-state index in [4.69, 9.17) is 4.42 Å². The van der Waals surface area contributed by atoms with E-state index in [-0.39, 0.29) is 23.0 Å². The number of carbonyl (C=O) groups is 2. The van der Waals surface area contributed by atoms with Crippen molar-refractivity contribution < 1.29 is 14.0 Å². The lowest BCUT2D eigenvalue weighted by Crippen LogP contribution is -2.21. The van der Waals surface area contributed by atoms with E-state index < -0.39 is 5.91 Å². The van der Waals surface area contributed by atoms with Crippen LogP contribution in [-0.2, 0) is 0 Å². The molecule has 2 aromatic rings. The number of oxazole rings is 1. The Bertz CT molecular complexity index is 628. The number of amides is 2. The molecule has 0 atom stereocenters. The number of anilines is 1. The number of hydrogen-bond donors (Lipinski definition) is 3. The number of nitrogens with zero attached hydrogens (tertiary/aromatic N) is 2. The minimum Gasteiger partial charge on any atom is -0.436 e. The molecule has 0 aliphatic heterocycles. The van der Waals surface area contributed by atoms with E-state index in [1.165, 1.54) is 13.2 Å². The van der Waals surface area contributed by atoms with Crippen molar-refractivity contribution in [3.05, 3.63) is 29.1 Å². The highest BCUT2D eigenvalue weighted by atomic mass is 16.4. The van der Waals surface area contributed by atoms with Crippen LogP contribution in [0.3, 0.4) is 0 Å². The van der Waals surface area contributed by atoms with Gasteiger partial charge in [-0.25, -0.2) is 4.98 Å². The molecule has 2 rings (SSSR count). The van der Waals surface area contributed by atoms with Gasteiger partial charge in [-0.1, -0.05) is 0 Å². The molecular weight excluding hydrogens is 250 g/mol. The Balaban J connectivity index is 2.22. The van der Waals surface area contributed by atoms with Crippen LogP contribution >= 0.6 is 0 Å². The molecule has 19 heavy (non-hydrogen) atoms. The van der Waals surface area contributed by atoms with E-state index in [0.717, 1.165) is 0 Å². The topological polar surface area (TPSA) is 113 Å². The normalized spacial score (nSPS) is 10.3. The minimum absolute atomic E-state index is 0.106. The van der Waals surface area contributed by atoms with Gasteiger partial charge in [0.2, 0.25) is 5.76 Å². The third-order valence-electron chi connectivity index (χ3n) is 2.46. The zero-order chi connectivity index (χ0) is 14.0. The lowest BCUT2D eigenvalue weighted by atomic mass is 10.3. The quantitative estimate of drug-likeness (QED) is 0.751. The van der Waals surface area contributed by atoms with Gasteiger partial charge >= 0.3 is 0 Å². The summed E-state index contributed by atoms with van der Waals surface area (Å²) in [6, 6.07) is 0. The van der Waals surface area contributed by atoms with Crippen LogP contribution in [0, 0.1) is 13.8 Å². The maximum atomic E-state index is 12.0. The van der Waals surface area contributed by atoms with Crippen LogP contribution in [0.2, 0.25) is 0 Å². The van der Waals surface area contributed by atoms with Gasteiger partial charge in [0.1, 0.15) is 11.4 Å². The highest BCUT2D eigenvalue weighted by Gasteiger charge is 2.20. The third kappa shape index (κ3) is 2.46. The van der Waals surface area contributed by atoms with Gasteiger partial charge in [-0.05, 0) is 6.92 Å². The molecule has 0 saturated carbocycles. The molecule has 0 spiro atoms. The molecule has 0 aliphatic rings. The zero-order valence-electron chi connectivity index (χ0n) is 10.7. The predicted octanol–water partition coefficient (Wildman–Crippen LogP) is 0.626. The zero-order valence-corrected chi connectivity index (χ0v) is 10.7. The average molecular weight is 263 g/mol. The van der Waals surface area contributed by atoms with E-state index in [0.29, 0.717) is 11.6 Å². The van der Waals surface area contributed by atoms with Crippen molar-refractivity contribution in [2.24, 2.45) is 0 Å². The maximum Gasteiger partial charge on any atom is 0.294 e. The van der Waals surface area contributed by atoms with Crippen LogP contribution < -0.4 is 10.6 Å². The number of hydrogen-bond acceptors (Lipinski definition) is 5. The van der Waals surface area contributed by atoms with Crippen LogP contribution in [-0.4, -0.2) is 34.0 Å². The van der Waals surface area contributed by atoms with Gasteiger partial charge in [0.05, 0.1) is 11.9 Å². The summed E-state index contributed by atoms with van der Waals surface area (Å²) in [6.07, 6.45) is 1.33. The lowest BCUT2D eigenvalue weighted by molar-refractivity contribution is 0.0964. The number of aromatic amines is 1. The van der Waals surface area contributed by atoms with E-state index >= 15 is 0 Å². The fourth-order valence-corrected chi connectivity index (χ4v) is 1.60. The highest BCUT2D eigenvalue weighted by molar-refractivity contribution is 6.07. The van der Waals surface area contributed by atoms with Gasteiger partial charge in [0.25, 0.3) is 11.8 Å². The molecule has 0 saturated heterocycles. The molecule has 2 heterocycles. The SMILES string of the molecule is CNC(=O)c1cn[nH]c1NC(=O)c1oc(C)nc1C. The summed E-state index contributed by atoms with van der Waals surface area (Å²) < 4.78 is 5.19. The van der Waals surface area contributed by atoms with Gasteiger partial charge in [0.15, 0.2) is 5.89 Å². The molecule has 3 N–H and O–H groups in total. The maximum absolute atomic E-state index is 12.0. The first-order valence-electron chi connectivity index (χ1n) is 5.53. The van der Waals surface area contributed by atoms with Crippen molar-refractivity contribution >= 4 is 17.6 Å². The molecule has 2 amide bonds. The Labute approximate surface area is 108 Å². The van der Waals surface area contributed by atoms with Crippen molar-refractivity contribution in [1.29, 1.82) is 0 Å². The number of nitrogens with one attached hydrogen (secondary N) is 3. The molecular formula is C11H13N5O3. The number of rotatable bonds is 3. The van der Waals surface area contributed by atoms with Gasteiger partial charge in [0, 0.05) is 14.0 Å². The monoisotopic (exact) mass is 263 g/mol. The second-order valence-corrected chi connectivity index (χ2v) is 3.84. The lowest BCUT2D eigenvalue weighted by Gasteiger charge is -2.03. The molecule has 0 fully saturated rings. The van der Waals surface area contributed by atoms with E-state index in [2.05, 4.69) is 25.8 Å². The summed E-state index contributed by atoms with van der Waals surface area (Å²) >= 11 is 0. The Kier molecular flexibility index (Phi) is 3.32. The third-order valence-corrected chi connectivity index (χ3v) is 2.46. The second-order valence-electron chi connectivity index (χ2n) is 3.84. The van der Waals surface area contributed by atoms with E-state index in [1.807, 2.05) is 0 Å². The molecule has 2 aromatic heterocycles. The average Bonchev–Trinajstić information content (AvgIpc) is 2.95. The minimum atomic E-state index is -0.493. The summed E-state index contributed by atoms with van der Waals surface area (Å²) in [5.74, 6) is -0.131. The summed E-state index contributed by atoms with van der Waals surface area (Å²) in [7, 11) is 1.49. The van der Waals surface area contributed by atoms with Gasteiger partial charge in [-0.3, -0.25) is 14.7 Å². The van der Waals surface area contributed by atoms with E-state index in [1.54, 1.807) is 13.8 Å². The number of aromatic nitrogens is 3. The fourth-order valence-electron chi connectivity index (χ4n) is 1.60. The molecule has 0 bridgehead atoms. The number of carbonyl (C=O) groups excluding carboxylic acids is 2. The van der Waals surface area contributed by atoms with Crippen LogP contribution in [0.25, 0.3) is 0 Å². The first-order chi connectivity index (χ1) is 9.02. The van der Waals surface area contributed by atoms with Gasteiger partial charge < -0.3 is 15.1 Å². The first-order valence-corrected chi connectivity index (χ1v) is 5.53. The molecule has 0 aliphatic carbocycles. The summed E-state index contributed by atoms with van der Waals surface area (Å²) in [5.41, 5.74) is 0.723. The van der Waals surface area contributed by atoms with Crippen molar-refractivity contribution in [2.45, 2.75) is 13.8 Å². The smallest absolute Gasteiger partial charge is 0.294 e. The fraction of sp³-hybridized carbons (Fsp3) is 0.273. The first kappa shape index (κ1) is 12.8. The van der Waals surface area contributed by atoms with Gasteiger partial charge in [-0.15, -0.1) is 0 Å². The largest absolute Gasteiger partial charge is 0.436 e. The predicted molar refractivity (Wildman–Crippen MR) is 65.9 cm³/mol. The van der Waals surface area contributed by atoms with Crippen molar-refractivity contribution in [1.82, 2.24) is 20.5 Å². The summed E-state index contributed by atoms with van der Waals surface area (Å²) in [6.45, 7) is 3.31. The molecule has 0 unspecified atom stereocenters. The van der Waals surface area contributed by atoms with Crippen LogP contribution in [0.1, 0.15) is 32.5 Å². The molecule has 8 heteroatoms. The Hall–Kier alpha value is -2.64. The molecule has 8 nitrogen and oxygen atoms in total. The molecule has 0 aromatic carbocycles. The molecule has 100 valence electrons. The van der Waals surface area contributed by atoms with E-state index in [9.17, 15) is 9.59 Å². The van der Waals surface area contributed by atoms with Crippen LogP contribution in [0.15, 0.2) is 10.6 Å². The Morgan fingerprint density at radius 1 is 1.32 bits per heavy atom. The second kappa shape index (κ2) is 4.92. The van der Waals surface area contributed by atoms with Crippen molar-refractivity contribution in [2.75, 3.05) is 12.4 Å². The number of aryl methyl sites for hydroxylation is 2. The summed E-state index contributed by atoms with van der Waals surface area (Å²) in [4.78, 5) is 27.5. The highest BCUT2D eigenvalue weighted by Crippen LogP contribution is 2.15. The number of H-pyrrole nitrogens is 1. The van der Waals surface area contributed by atoms with Gasteiger partial charge in [-0.2, -0.15) is 5.10 Å². The van der Waals surface area contributed by atoms with Crippen LogP contribution in [0.4, 0.5) is 5.82 Å². The van der Waals surface area contributed by atoms with Crippen molar-refractivity contribution in [3.8, 4) is 0 Å². The standard InChI is InChI=1S/C11H13N5O3/c1-5-8(19-6(2)14-5)11(18)15-9-7(4-13-16-9)10(17)12-3/h4H,1-3H3,(H,12,17)(H2,13,15,16,18). The van der Waals surface area contributed by atoms with Crippen LogP contribution in [0.5, 0.6) is 0 Å². The Morgan fingerprint density at radius 3 is 2.63 bits per heavy atom.